The molecule has 1 aromatic carbocycles. The van der Waals surface area contributed by atoms with Gasteiger partial charge in [-0.1, -0.05) is 18.2 Å². The van der Waals surface area contributed by atoms with Crippen molar-refractivity contribution in [1.29, 1.82) is 0 Å². The molecule has 0 unspecified atom stereocenters. The van der Waals surface area contributed by atoms with Crippen LogP contribution in [0.4, 0.5) is 11.4 Å². The Kier molecular flexibility index (Phi) is 5.55. The van der Waals surface area contributed by atoms with Gasteiger partial charge < -0.3 is 10.6 Å². The number of fused-ring (bicyclic) bond motifs is 1. The number of rotatable bonds is 6. The summed E-state index contributed by atoms with van der Waals surface area (Å²) in [5.41, 5.74) is 7.28. The van der Waals surface area contributed by atoms with Crippen molar-refractivity contribution in [2.45, 2.75) is 19.9 Å². The van der Waals surface area contributed by atoms with E-state index in [0.29, 0.717) is 5.56 Å². The second-order valence-electron chi connectivity index (χ2n) is 8.41. The summed E-state index contributed by atoms with van der Waals surface area (Å²) in [6.45, 7) is 4.00. The van der Waals surface area contributed by atoms with E-state index in [0.717, 1.165) is 39.1 Å². The van der Waals surface area contributed by atoms with Gasteiger partial charge in [0.15, 0.2) is 0 Å². The van der Waals surface area contributed by atoms with Crippen molar-refractivity contribution in [3.63, 3.8) is 0 Å². The molecule has 0 aliphatic carbocycles. The summed E-state index contributed by atoms with van der Waals surface area (Å²) < 4.78 is 3.65. The lowest BCUT2D eigenvalue weighted by molar-refractivity contribution is 0.102. The second kappa shape index (κ2) is 8.82. The van der Waals surface area contributed by atoms with Crippen LogP contribution in [0.5, 0.6) is 0 Å². The van der Waals surface area contributed by atoms with Crippen LogP contribution in [-0.4, -0.2) is 30.3 Å². The minimum absolute atomic E-state index is 0.00323. The number of amides is 1. The van der Waals surface area contributed by atoms with Crippen molar-refractivity contribution in [3.05, 3.63) is 96.3 Å². The number of anilines is 2. The quantitative estimate of drug-likeness (QED) is 0.385. The number of aryl methyl sites for hydroxylation is 2. The zero-order valence-electron chi connectivity index (χ0n) is 19.2. The first kappa shape index (κ1) is 21.4. The van der Waals surface area contributed by atoms with Crippen LogP contribution in [-0.2, 0) is 7.05 Å². The average Bonchev–Trinajstić information content (AvgIpc) is 3.45. The standard InChI is InChI=1S/C26H25N7O/c1-17-9-21(12-27-11-17)26(34)31-23-6-4-5-19(10-23)18(2)30-24-14-29-33-16-20(7-8-25(24)33)22-13-28-32(3)15-22/h4-16,18,30H,1-3H3,(H,31,34)/t18-/m0/s1. The maximum atomic E-state index is 12.6. The van der Waals surface area contributed by atoms with Gasteiger partial charge in [-0.2, -0.15) is 10.2 Å². The largest absolute Gasteiger partial charge is 0.375 e. The zero-order valence-corrected chi connectivity index (χ0v) is 19.2. The Balaban J connectivity index is 1.32. The van der Waals surface area contributed by atoms with Crippen molar-refractivity contribution < 1.29 is 4.79 Å². The van der Waals surface area contributed by atoms with Crippen molar-refractivity contribution in [2.75, 3.05) is 10.6 Å². The van der Waals surface area contributed by atoms with Gasteiger partial charge >= 0.3 is 0 Å². The lowest BCUT2D eigenvalue weighted by atomic mass is 10.1. The number of benzene rings is 1. The molecule has 4 aromatic heterocycles. The van der Waals surface area contributed by atoms with E-state index in [9.17, 15) is 4.79 Å². The van der Waals surface area contributed by atoms with Crippen LogP contribution < -0.4 is 10.6 Å². The molecule has 2 N–H and O–H groups in total. The fraction of sp³-hybridized carbons (Fsp3) is 0.154. The molecule has 8 heteroatoms. The van der Waals surface area contributed by atoms with E-state index in [-0.39, 0.29) is 11.9 Å². The predicted octanol–water partition coefficient (Wildman–Crippen LogP) is 4.86. The molecule has 0 bridgehead atoms. The van der Waals surface area contributed by atoms with E-state index in [2.05, 4.69) is 44.9 Å². The third kappa shape index (κ3) is 4.38. The van der Waals surface area contributed by atoms with Gasteiger partial charge in [0.1, 0.15) is 0 Å². The highest BCUT2D eigenvalue weighted by atomic mass is 16.1. The van der Waals surface area contributed by atoms with Crippen LogP contribution in [0.1, 0.15) is 34.5 Å². The van der Waals surface area contributed by atoms with Crippen LogP contribution in [0.3, 0.4) is 0 Å². The molecule has 0 saturated heterocycles. The molecule has 34 heavy (non-hydrogen) atoms. The molecule has 0 spiro atoms. The Morgan fingerprint density at radius 2 is 1.85 bits per heavy atom. The third-order valence-corrected chi connectivity index (χ3v) is 5.71. The monoisotopic (exact) mass is 451 g/mol. The number of hydrogen-bond acceptors (Lipinski definition) is 5. The number of aromatic nitrogens is 5. The molecule has 0 aliphatic heterocycles. The molecule has 170 valence electrons. The second-order valence-corrected chi connectivity index (χ2v) is 8.41. The summed E-state index contributed by atoms with van der Waals surface area (Å²) >= 11 is 0. The highest BCUT2D eigenvalue weighted by Crippen LogP contribution is 2.27. The highest BCUT2D eigenvalue weighted by molar-refractivity contribution is 6.04. The van der Waals surface area contributed by atoms with Gasteiger partial charge in [0.2, 0.25) is 0 Å². The van der Waals surface area contributed by atoms with E-state index in [4.69, 9.17) is 0 Å². The van der Waals surface area contributed by atoms with Crippen molar-refractivity contribution >= 4 is 22.8 Å². The van der Waals surface area contributed by atoms with Crippen LogP contribution >= 0.6 is 0 Å². The first-order chi connectivity index (χ1) is 16.5. The van der Waals surface area contributed by atoms with E-state index in [1.807, 2.05) is 73.6 Å². The average molecular weight is 452 g/mol. The zero-order chi connectivity index (χ0) is 23.7. The number of hydrogen-bond donors (Lipinski definition) is 2. The maximum Gasteiger partial charge on any atom is 0.257 e. The first-order valence-corrected chi connectivity index (χ1v) is 11.0. The fourth-order valence-corrected chi connectivity index (χ4v) is 3.92. The molecule has 0 fully saturated rings. The normalized spacial score (nSPS) is 12.0. The molecule has 5 aromatic rings. The smallest absolute Gasteiger partial charge is 0.257 e. The van der Waals surface area contributed by atoms with Crippen molar-refractivity contribution in [2.24, 2.45) is 7.05 Å². The molecule has 1 atom stereocenters. The minimum Gasteiger partial charge on any atom is -0.375 e. The summed E-state index contributed by atoms with van der Waals surface area (Å²) in [6, 6.07) is 13.8. The minimum atomic E-state index is -0.180. The summed E-state index contributed by atoms with van der Waals surface area (Å²) in [6.07, 6.45) is 10.9. The number of carbonyl (C=O) groups excluding carboxylic acids is 1. The molecular formula is C26H25N7O. The summed E-state index contributed by atoms with van der Waals surface area (Å²) in [5, 5.41) is 15.3. The maximum absolute atomic E-state index is 12.6. The van der Waals surface area contributed by atoms with E-state index < -0.39 is 0 Å². The van der Waals surface area contributed by atoms with Gasteiger partial charge in [-0.25, -0.2) is 4.52 Å². The van der Waals surface area contributed by atoms with E-state index in [1.165, 1.54) is 0 Å². The number of nitrogens with one attached hydrogen (secondary N) is 2. The van der Waals surface area contributed by atoms with Gasteiger partial charge in [-0.15, -0.1) is 0 Å². The third-order valence-electron chi connectivity index (χ3n) is 5.71. The number of carbonyl (C=O) groups is 1. The Hall–Kier alpha value is -4.46. The van der Waals surface area contributed by atoms with Gasteiger partial charge in [0.05, 0.1) is 29.2 Å². The summed E-state index contributed by atoms with van der Waals surface area (Å²) in [7, 11) is 1.90. The molecule has 0 saturated carbocycles. The van der Waals surface area contributed by atoms with Crippen molar-refractivity contribution in [1.82, 2.24) is 24.4 Å². The van der Waals surface area contributed by atoms with Crippen LogP contribution in [0, 0.1) is 6.92 Å². The van der Waals surface area contributed by atoms with Gasteiger partial charge in [0, 0.05) is 54.7 Å². The lowest BCUT2D eigenvalue weighted by Gasteiger charge is -2.16. The lowest BCUT2D eigenvalue weighted by Crippen LogP contribution is -2.13. The summed E-state index contributed by atoms with van der Waals surface area (Å²) in [5.74, 6) is -0.180. The Bertz CT molecular complexity index is 1480. The molecule has 0 aliphatic rings. The SMILES string of the molecule is Cc1cncc(C(=O)Nc2cccc([C@H](C)Nc3cnn4cc(-c5cnn(C)c5)ccc34)c2)c1. The molecule has 0 radical (unpaired) electrons. The molecule has 1 amide bonds. The Morgan fingerprint density at radius 3 is 2.65 bits per heavy atom. The highest BCUT2D eigenvalue weighted by Gasteiger charge is 2.13. The summed E-state index contributed by atoms with van der Waals surface area (Å²) in [4.78, 5) is 16.7. The fourth-order valence-electron chi connectivity index (χ4n) is 3.92. The first-order valence-electron chi connectivity index (χ1n) is 11.0. The number of pyridine rings is 2. The van der Waals surface area contributed by atoms with E-state index >= 15 is 0 Å². The number of nitrogens with zero attached hydrogens (tertiary/aromatic N) is 5. The van der Waals surface area contributed by atoms with Crippen molar-refractivity contribution in [3.8, 4) is 11.1 Å². The molecular weight excluding hydrogens is 426 g/mol. The Labute approximate surface area is 197 Å². The van der Waals surface area contributed by atoms with Gasteiger partial charge in [-0.05, 0) is 49.2 Å². The molecule has 5 rings (SSSR count). The van der Waals surface area contributed by atoms with Gasteiger partial charge in [-0.3, -0.25) is 14.5 Å². The van der Waals surface area contributed by atoms with Gasteiger partial charge in [0.25, 0.3) is 5.91 Å². The van der Waals surface area contributed by atoms with Crippen LogP contribution in [0.2, 0.25) is 0 Å². The topological polar surface area (TPSA) is 89.1 Å². The molecule has 4 heterocycles. The molecule has 8 nitrogen and oxygen atoms in total. The van der Waals surface area contributed by atoms with Crippen LogP contribution in [0.25, 0.3) is 16.6 Å². The Morgan fingerprint density at radius 1 is 0.971 bits per heavy atom. The predicted molar refractivity (Wildman–Crippen MR) is 133 cm³/mol. The van der Waals surface area contributed by atoms with E-state index in [1.54, 1.807) is 17.1 Å². The van der Waals surface area contributed by atoms with Crippen LogP contribution in [0.15, 0.2) is 79.6 Å².